The number of methoxy groups -OCH3 is 1. The highest BCUT2D eigenvalue weighted by atomic mass is 32.2. The Hall–Kier alpha value is -3.50. The van der Waals surface area contributed by atoms with Crippen LogP contribution in [0.4, 0.5) is 0 Å². The molecule has 1 aromatic carbocycles. The fourth-order valence-electron chi connectivity index (χ4n) is 4.20. The van der Waals surface area contributed by atoms with Gasteiger partial charge in [-0.1, -0.05) is 36.4 Å². The lowest BCUT2D eigenvalue weighted by Gasteiger charge is -2.11. The standard InChI is InChI=1S/C27H31N3O6S/c1-16-7-9-19(10-8-16)24-23(25(31)28-3)21-14-20(18-11-12-18)22(30-26(21)36-24)15-37(33,34)29-13-5-6-17(2)27(32)35-4/h7-10,14,18,29H,2,5-6,11-13,15H2,1,3-4H3,(H,28,31). The molecule has 0 saturated heterocycles. The number of esters is 1. The van der Waals surface area contributed by atoms with Gasteiger partial charge in [-0.2, -0.15) is 0 Å². The molecular weight excluding hydrogens is 494 g/mol. The van der Waals surface area contributed by atoms with Gasteiger partial charge in [-0.25, -0.2) is 22.9 Å². The lowest BCUT2D eigenvalue weighted by atomic mass is 10.0. The molecule has 9 nitrogen and oxygen atoms in total. The smallest absolute Gasteiger partial charge is 0.333 e. The van der Waals surface area contributed by atoms with Gasteiger partial charge in [0.05, 0.1) is 23.8 Å². The van der Waals surface area contributed by atoms with Crippen LogP contribution in [0.15, 0.2) is 46.9 Å². The van der Waals surface area contributed by atoms with Crippen molar-refractivity contribution in [2.24, 2.45) is 0 Å². The molecule has 10 heteroatoms. The number of aryl methyl sites for hydroxylation is 1. The molecule has 1 saturated carbocycles. The summed E-state index contributed by atoms with van der Waals surface area (Å²) in [6.45, 7) is 5.77. The molecule has 0 aliphatic heterocycles. The van der Waals surface area contributed by atoms with Gasteiger partial charge in [-0.05, 0) is 50.2 Å². The average molecular weight is 526 g/mol. The number of rotatable bonds is 11. The van der Waals surface area contributed by atoms with Crippen LogP contribution in [0, 0.1) is 6.92 Å². The number of nitrogens with one attached hydrogen (secondary N) is 2. The molecule has 1 amide bonds. The molecule has 4 rings (SSSR count). The Labute approximate surface area is 216 Å². The minimum absolute atomic E-state index is 0.151. The van der Waals surface area contributed by atoms with E-state index in [9.17, 15) is 18.0 Å². The molecule has 2 heterocycles. The number of pyridine rings is 1. The van der Waals surface area contributed by atoms with E-state index >= 15 is 0 Å². The Bertz CT molecular complexity index is 1450. The highest BCUT2D eigenvalue weighted by Gasteiger charge is 2.31. The number of hydrogen-bond donors (Lipinski definition) is 2. The number of carbonyl (C=O) groups is 2. The topological polar surface area (TPSA) is 128 Å². The third-order valence-electron chi connectivity index (χ3n) is 6.36. The van der Waals surface area contributed by atoms with Gasteiger partial charge >= 0.3 is 5.97 Å². The quantitative estimate of drug-likeness (QED) is 0.220. The second-order valence-corrected chi connectivity index (χ2v) is 11.1. The highest BCUT2D eigenvalue weighted by molar-refractivity contribution is 7.88. The van der Waals surface area contributed by atoms with E-state index in [-0.39, 0.29) is 29.8 Å². The predicted molar refractivity (Wildman–Crippen MR) is 141 cm³/mol. The number of amides is 1. The van der Waals surface area contributed by atoms with Crippen molar-refractivity contribution in [2.75, 3.05) is 20.7 Å². The van der Waals surface area contributed by atoms with Crippen molar-refractivity contribution >= 4 is 33.0 Å². The van der Waals surface area contributed by atoms with Crippen LogP contribution in [0.3, 0.4) is 0 Å². The minimum Gasteiger partial charge on any atom is -0.466 e. The van der Waals surface area contributed by atoms with Gasteiger partial charge in [-0.15, -0.1) is 0 Å². The third kappa shape index (κ3) is 6.08. The summed E-state index contributed by atoms with van der Waals surface area (Å²) in [4.78, 5) is 28.9. The molecule has 37 heavy (non-hydrogen) atoms. The zero-order valence-corrected chi connectivity index (χ0v) is 22.0. The summed E-state index contributed by atoms with van der Waals surface area (Å²) in [6.07, 6.45) is 2.59. The third-order valence-corrected chi connectivity index (χ3v) is 7.66. The first-order valence-corrected chi connectivity index (χ1v) is 13.8. The van der Waals surface area contributed by atoms with E-state index in [0.717, 1.165) is 29.5 Å². The monoisotopic (exact) mass is 525 g/mol. The van der Waals surface area contributed by atoms with Crippen molar-refractivity contribution in [3.05, 3.63) is 64.9 Å². The molecule has 1 aliphatic rings. The maximum atomic E-state index is 12.9. The first kappa shape index (κ1) is 26.6. The maximum absolute atomic E-state index is 12.9. The van der Waals surface area contributed by atoms with E-state index in [0.29, 0.717) is 40.8 Å². The summed E-state index contributed by atoms with van der Waals surface area (Å²) >= 11 is 0. The number of benzene rings is 1. The number of ether oxygens (including phenoxy) is 1. The zero-order valence-electron chi connectivity index (χ0n) is 21.2. The van der Waals surface area contributed by atoms with Crippen LogP contribution in [0.25, 0.3) is 22.4 Å². The van der Waals surface area contributed by atoms with E-state index in [1.165, 1.54) is 7.11 Å². The van der Waals surface area contributed by atoms with E-state index in [2.05, 4.69) is 26.3 Å². The van der Waals surface area contributed by atoms with Crippen LogP contribution in [-0.2, 0) is 25.3 Å². The van der Waals surface area contributed by atoms with Crippen molar-refractivity contribution in [1.29, 1.82) is 0 Å². The largest absolute Gasteiger partial charge is 0.466 e. The zero-order chi connectivity index (χ0) is 26.7. The molecule has 1 aliphatic carbocycles. The van der Waals surface area contributed by atoms with Crippen LogP contribution in [-0.4, -0.2) is 46.0 Å². The number of hydrogen-bond acceptors (Lipinski definition) is 7. The second kappa shape index (κ2) is 10.9. The predicted octanol–water partition coefficient (Wildman–Crippen LogP) is 3.97. The van der Waals surface area contributed by atoms with Gasteiger partial charge in [0, 0.05) is 24.7 Å². The van der Waals surface area contributed by atoms with Crippen LogP contribution in [0.1, 0.15) is 58.8 Å². The summed E-state index contributed by atoms with van der Waals surface area (Å²) in [6, 6.07) is 9.49. The lowest BCUT2D eigenvalue weighted by Crippen LogP contribution is -2.27. The molecule has 196 valence electrons. The lowest BCUT2D eigenvalue weighted by molar-refractivity contribution is -0.136. The second-order valence-electron chi connectivity index (χ2n) is 9.25. The van der Waals surface area contributed by atoms with Gasteiger partial charge in [0.15, 0.2) is 0 Å². The molecule has 2 aromatic heterocycles. The fraction of sp³-hybridized carbons (Fsp3) is 0.370. The summed E-state index contributed by atoms with van der Waals surface area (Å²) in [5, 5.41) is 3.24. The van der Waals surface area contributed by atoms with E-state index in [1.807, 2.05) is 37.3 Å². The summed E-state index contributed by atoms with van der Waals surface area (Å²) in [5.41, 5.74) is 3.93. The molecular formula is C27H31N3O6S. The first-order chi connectivity index (χ1) is 17.6. The van der Waals surface area contributed by atoms with Gasteiger partial charge in [-0.3, -0.25) is 4.79 Å². The Balaban J connectivity index is 1.63. The molecule has 0 spiro atoms. The van der Waals surface area contributed by atoms with Crippen molar-refractivity contribution in [3.8, 4) is 11.3 Å². The number of fused-ring (bicyclic) bond motifs is 1. The maximum Gasteiger partial charge on any atom is 0.333 e. The normalized spacial score (nSPS) is 13.5. The first-order valence-electron chi connectivity index (χ1n) is 12.1. The van der Waals surface area contributed by atoms with E-state index in [1.54, 1.807) is 7.05 Å². The van der Waals surface area contributed by atoms with Gasteiger partial charge < -0.3 is 14.5 Å². The highest BCUT2D eigenvalue weighted by Crippen LogP contribution is 2.44. The number of sulfonamides is 1. The van der Waals surface area contributed by atoms with Crippen molar-refractivity contribution in [2.45, 2.75) is 44.3 Å². The van der Waals surface area contributed by atoms with Crippen molar-refractivity contribution in [3.63, 3.8) is 0 Å². The molecule has 0 bridgehead atoms. The number of furan rings is 1. The van der Waals surface area contributed by atoms with Crippen molar-refractivity contribution in [1.82, 2.24) is 15.0 Å². The number of nitrogens with zero attached hydrogens (tertiary/aromatic N) is 1. The van der Waals surface area contributed by atoms with Crippen molar-refractivity contribution < 1.29 is 27.2 Å². The number of aromatic nitrogens is 1. The summed E-state index contributed by atoms with van der Waals surface area (Å²) in [5.74, 6) is -0.529. The fourth-order valence-corrected chi connectivity index (χ4v) is 5.35. The molecule has 0 atom stereocenters. The van der Waals surface area contributed by atoms with E-state index in [4.69, 9.17) is 4.42 Å². The average Bonchev–Trinajstić information content (AvgIpc) is 3.65. The molecule has 0 radical (unpaired) electrons. The minimum atomic E-state index is -3.72. The Morgan fingerprint density at radius 1 is 1.22 bits per heavy atom. The van der Waals surface area contributed by atoms with Gasteiger partial charge in [0.25, 0.3) is 5.91 Å². The number of carbonyl (C=O) groups excluding carboxylic acids is 2. The van der Waals surface area contributed by atoms with E-state index < -0.39 is 16.0 Å². The summed E-state index contributed by atoms with van der Waals surface area (Å²) < 4.78 is 39.0. The molecule has 0 unspecified atom stereocenters. The molecule has 1 fully saturated rings. The van der Waals surface area contributed by atoms with Gasteiger partial charge in [0.1, 0.15) is 11.5 Å². The Morgan fingerprint density at radius 3 is 2.54 bits per heavy atom. The Morgan fingerprint density at radius 2 is 1.92 bits per heavy atom. The van der Waals surface area contributed by atoms with Gasteiger partial charge in [0.2, 0.25) is 15.7 Å². The Kier molecular flexibility index (Phi) is 7.79. The van der Waals surface area contributed by atoms with Crippen LogP contribution in [0.5, 0.6) is 0 Å². The van der Waals surface area contributed by atoms with Crippen LogP contribution in [0.2, 0.25) is 0 Å². The van der Waals surface area contributed by atoms with Crippen LogP contribution >= 0.6 is 0 Å². The SMILES string of the molecule is C=C(CCCNS(=O)(=O)Cc1nc2oc(-c3ccc(C)cc3)c(C(=O)NC)c2cc1C1CC1)C(=O)OC. The summed E-state index contributed by atoms with van der Waals surface area (Å²) in [7, 11) is -0.882. The molecule has 3 aromatic rings. The molecule has 2 N–H and O–H groups in total. The van der Waals surface area contributed by atoms with Crippen LogP contribution < -0.4 is 10.0 Å².